The van der Waals surface area contributed by atoms with Crippen LogP contribution < -0.4 is 5.32 Å². The summed E-state index contributed by atoms with van der Waals surface area (Å²) < 4.78 is 0. The van der Waals surface area contributed by atoms with Crippen LogP contribution >= 0.6 is 0 Å². The fourth-order valence-corrected chi connectivity index (χ4v) is 4.76. The number of fused-ring (bicyclic) bond motifs is 1. The normalized spacial score (nSPS) is 19.4. The van der Waals surface area contributed by atoms with Crippen molar-refractivity contribution in [2.45, 2.75) is 51.4 Å². The highest BCUT2D eigenvalue weighted by molar-refractivity contribution is 5.90. The van der Waals surface area contributed by atoms with E-state index in [-0.39, 0.29) is 17.7 Å². The molecular formula is C26H32N2O2. The summed E-state index contributed by atoms with van der Waals surface area (Å²) in [5.74, 6) is 0.140. The third-order valence-corrected chi connectivity index (χ3v) is 6.50. The second kappa shape index (κ2) is 9.92. The number of allylic oxidation sites excluding steroid dienone is 1. The Hall–Kier alpha value is -2.62. The highest BCUT2D eigenvalue weighted by atomic mass is 16.2. The number of rotatable bonds is 6. The smallest absolute Gasteiger partial charge is 0.227 e. The molecule has 1 unspecified atom stereocenters. The molecule has 0 spiro atoms. The first-order valence-electron chi connectivity index (χ1n) is 11.4. The van der Waals surface area contributed by atoms with E-state index < -0.39 is 0 Å². The Balaban J connectivity index is 1.31. The lowest BCUT2D eigenvalue weighted by Crippen LogP contribution is -2.46. The Labute approximate surface area is 179 Å². The van der Waals surface area contributed by atoms with Gasteiger partial charge in [0.15, 0.2) is 0 Å². The van der Waals surface area contributed by atoms with Crippen molar-refractivity contribution in [1.82, 2.24) is 10.2 Å². The molecule has 0 aromatic heterocycles. The van der Waals surface area contributed by atoms with Crippen LogP contribution in [0.5, 0.6) is 0 Å². The molecule has 1 N–H and O–H groups in total. The molecule has 4 nitrogen and oxygen atoms in total. The van der Waals surface area contributed by atoms with Gasteiger partial charge in [0.2, 0.25) is 11.8 Å². The summed E-state index contributed by atoms with van der Waals surface area (Å²) in [5.41, 5.74) is 2.54. The SMILES string of the molecule is O=C(NCCC1=CCCCC1)C1CCCN(C(=O)Cc2cccc3ccccc23)C1. The van der Waals surface area contributed by atoms with Crippen LogP contribution in [-0.2, 0) is 16.0 Å². The molecule has 1 atom stereocenters. The number of nitrogens with zero attached hydrogens (tertiary/aromatic N) is 1. The van der Waals surface area contributed by atoms with Crippen LogP contribution in [0.3, 0.4) is 0 Å². The first-order valence-corrected chi connectivity index (χ1v) is 11.4. The van der Waals surface area contributed by atoms with Gasteiger partial charge in [-0.25, -0.2) is 0 Å². The van der Waals surface area contributed by atoms with Crippen molar-refractivity contribution in [2.24, 2.45) is 5.92 Å². The predicted octanol–water partition coefficient (Wildman–Crippen LogP) is 4.63. The monoisotopic (exact) mass is 404 g/mol. The van der Waals surface area contributed by atoms with Crippen LogP contribution in [0, 0.1) is 5.92 Å². The molecule has 0 saturated carbocycles. The Morgan fingerprint density at radius 2 is 1.90 bits per heavy atom. The molecule has 2 aliphatic rings. The number of hydrogen-bond donors (Lipinski definition) is 1. The van der Waals surface area contributed by atoms with Crippen LogP contribution in [0.15, 0.2) is 54.1 Å². The van der Waals surface area contributed by atoms with Crippen LogP contribution in [0.25, 0.3) is 10.8 Å². The number of hydrogen-bond acceptors (Lipinski definition) is 2. The van der Waals surface area contributed by atoms with Crippen LogP contribution in [0.2, 0.25) is 0 Å². The quantitative estimate of drug-likeness (QED) is 0.714. The molecule has 1 aliphatic carbocycles. The maximum atomic E-state index is 13.0. The first-order chi connectivity index (χ1) is 14.7. The van der Waals surface area contributed by atoms with E-state index in [1.54, 1.807) is 0 Å². The minimum Gasteiger partial charge on any atom is -0.355 e. The van der Waals surface area contributed by atoms with Crippen LogP contribution in [0.1, 0.15) is 50.5 Å². The summed E-state index contributed by atoms with van der Waals surface area (Å²) in [5, 5.41) is 5.41. The number of piperidine rings is 1. The molecule has 4 rings (SSSR count). The Morgan fingerprint density at radius 1 is 1.03 bits per heavy atom. The van der Waals surface area contributed by atoms with Crippen molar-refractivity contribution in [2.75, 3.05) is 19.6 Å². The number of likely N-dealkylation sites (tertiary alicyclic amines) is 1. The Morgan fingerprint density at radius 3 is 2.77 bits per heavy atom. The van der Waals surface area contributed by atoms with Gasteiger partial charge in [0, 0.05) is 19.6 Å². The second-order valence-electron chi connectivity index (χ2n) is 8.64. The van der Waals surface area contributed by atoms with Gasteiger partial charge in [-0.3, -0.25) is 9.59 Å². The lowest BCUT2D eigenvalue weighted by Gasteiger charge is -2.32. The van der Waals surface area contributed by atoms with Crippen molar-refractivity contribution in [3.63, 3.8) is 0 Å². The summed E-state index contributed by atoms with van der Waals surface area (Å²) in [7, 11) is 0. The molecule has 1 fully saturated rings. The summed E-state index contributed by atoms with van der Waals surface area (Å²) >= 11 is 0. The summed E-state index contributed by atoms with van der Waals surface area (Å²) in [6.45, 7) is 2.00. The summed E-state index contributed by atoms with van der Waals surface area (Å²) in [6, 6.07) is 14.3. The lowest BCUT2D eigenvalue weighted by atomic mass is 9.95. The Kier molecular flexibility index (Phi) is 6.83. The Bertz CT molecular complexity index is 928. The van der Waals surface area contributed by atoms with Crippen molar-refractivity contribution in [3.05, 3.63) is 59.7 Å². The molecule has 2 aromatic rings. The molecule has 1 saturated heterocycles. The van der Waals surface area contributed by atoms with Crippen LogP contribution in [-0.4, -0.2) is 36.3 Å². The average molecular weight is 405 g/mol. The van der Waals surface area contributed by atoms with E-state index in [9.17, 15) is 9.59 Å². The van der Waals surface area contributed by atoms with Gasteiger partial charge in [0.1, 0.15) is 0 Å². The van der Waals surface area contributed by atoms with Gasteiger partial charge in [-0.15, -0.1) is 0 Å². The number of carbonyl (C=O) groups is 2. The molecule has 4 heteroatoms. The van der Waals surface area contributed by atoms with Gasteiger partial charge in [0.25, 0.3) is 0 Å². The third-order valence-electron chi connectivity index (χ3n) is 6.50. The predicted molar refractivity (Wildman–Crippen MR) is 121 cm³/mol. The highest BCUT2D eigenvalue weighted by Crippen LogP contribution is 2.22. The zero-order chi connectivity index (χ0) is 20.8. The van der Waals surface area contributed by atoms with E-state index in [1.165, 1.54) is 31.3 Å². The van der Waals surface area contributed by atoms with E-state index in [1.807, 2.05) is 29.2 Å². The van der Waals surface area contributed by atoms with E-state index >= 15 is 0 Å². The van der Waals surface area contributed by atoms with Gasteiger partial charge in [-0.1, -0.05) is 54.1 Å². The summed E-state index contributed by atoms with van der Waals surface area (Å²) in [6.07, 6.45) is 10.4. The molecule has 2 aromatic carbocycles. The minimum absolute atomic E-state index is 0.0875. The van der Waals surface area contributed by atoms with Crippen molar-refractivity contribution < 1.29 is 9.59 Å². The fraction of sp³-hybridized carbons (Fsp3) is 0.462. The zero-order valence-electron chi connectivity index (χ0n) is 17.7. The zero-order valence-corrected chi connectivity index (χ0v) is 17.7. The number of nitrogens with one attached hydrogen (secondary N) is 1. The van der Waals surface area contributed by atoms with Gasteiger partial charge >= 0.3 is 0 Å². The number of amides is 2. The van der Waals surface area contributed by atoms with Crippen molar-refractivity contribution in [3.8, 4) is 0 Å². The van der Waals surface area contributed by atoms with Crippen LogP contribution in [0.4, 0.5) is 0 Å². The van der Waals surface area contributed by atoms with Gasteiger partial charge in [-0.05, 0) is 61.3 Å². The van der Waals surface area contributed by atoms with Gasteiger partial charge in [-0.2, -0.15) is 0 Å². The molecule has 30 heavy (non-hydrogen) atoms. The minimum atomic E-state index is -0.0875. The molecule has 0 bridgehead atoms. The van der Waals surface area contributed by atoms with E-state index in [4.69, 9.17) is 0 Å². The second-order valence-corrected chi connectivity index (χ2v) is 8.64. The maximum Gasteiger partial charge on any atom is 0.227 e. The third kappa shape index (κ3) is 5.10. The lowest BCUT2D eigenvalue weighted by molar-refractivity contribution is -0.135. The van der Waals surface area contributed by atoms with Crippen molar-refractivity contribution in [1.29, 1.82) is 0 Å². The van der Waals surface area contributed by atoms with E-state index in [0.29, 0.717) is 19.5 Å². The topological polar surface area (TPSA) is 49.4 Å². The molecular weight excluding hydrogens is 372 g/mol. The van der Waals surface area contributed by atoms with E-state index in [2.05, 4.69) is 29.6 Å². The maximum absolute atomic E-state index is 13.0. The molecule has 0 radical (unpaired) electrons. The van der Waals surface area contributed by atoms with E-state index in [0.717, 1.165) is 42.1 Å². The number of benzene rings is 2. The molecule has 1 aliphatic heterocycles. The van der Waals surface area contributed by atoms with Crippen molar-refractivity contribution >= 4 is 22.6 Å². The first kappa shape index (κ1) is 20.6. The van der Waals surface area contributed by atoms with Gasteiger partial charge in [0.05, 0.1) is 12.3 Å². The fourth-order valence-electron chi connectivity index (χ4n) is 4.76. The van der Waals surface area contributed by atoms with Gasteiger partial charge < -0.3 is 10.2 Å². The molecule has 158 valence electrons. The molecule has 2 amide bonds. The number of carbonyl (C=O) groups excluding carboxylic acids is 2. The summed E-state index contributed by atoms with van der Waals surface area (Å²) in [4.78, 5) is 27.5. The molecule has 1 heterocycles. The standard InChI is InChI=1S/C26H32N2O2/c29-25(18-22-12-6-11-21-10-4-5-14-24(21)22)28-17-7-13-23(19-28)26(30)27-16-15-20-8-2-1-3-9-20/h4-6,8,10-12,14,23H,1-3,7,9,13,15-19H2,(H,27,30). The largest absolute Gasteiger partial charge is 0.355 e. The average Bonchev–Trinajstić information content (AvgIpc) is 2.80. The highest BCUT2D eigenvalue weighted by Gasteiger charge is 2.28.